The zero-order valence-electron chi connectivity index (χ0n) is 15.9. The lowest BCUT2D eigenvalue weighted by atomic mass is 9.67. The first-order valence-electron chi connectivity index (χ1n) is 9.28. The Morgan fingerprint density at radius 2 is 1.92 bits per heavy atom. The van der Waals surface area contributed by atoms with Gasteiger partial charge in [-0.25, -0.2) is 4.21 Å². The van der Waals surface area contributed by atoms with E-state index in [0.717, 1.165) is 44.3 Å². The molecular formula is C20H32N2O2S. The van der Waals surface area contributed by atoms with Crippen molar-refractivity contribution in [1.29, 1.82) is 0 Å². The Labute approximate surface area is 154 Å². The van der Waals surface area contributed by atoms with Crippen LogP contribution in [0.3, 0.4) is 0 Å². The highest BCUT2D eigenvalue weighted by Gasteiger charge is 2.48. The zero-order valence-corrected chi connectivity index (χ0v) is 16.7. The highest BCUT2D eigenvalue weighted by atomic mass is 32.2. The molecule has 3 rings (SSSR count). The van der Waals surface area contributed by atoms with Crippen molar-refractivity contribution < 1.29 is 9.32 Å². The lowest BCUT2D eigenvalue weighted by Crippen LogP contribution is -2.43. The monoisotopic (exact) mass is 364 g/mol. The van der Waals surface area contributed by atoms with Crippen LogP contribution in [0.25, 0.3) is 0 Å². The van der Waals surface area contributed by atoms with E-state index in [2.05, 4.69) is 23.5 Å². The van der Waals surface area contributed by atoms with Crippen molar-refractivity contribution >= 4 is 11.0 Å². The van der Waals surface area contributed by atoms with E-state index >= 15 is 0 Å². The number of nitrogens with two attached hydrogens (primary N) is 1. The molecule has 1 spiro atoms. The van der Waals surface area contributed by atoms with E-state index in [9.17, 15) is 9.32 Å². The number of rotatable bonds is 4. The molecule has 0 radical (unpaired) electrons. The van der Waals surface area contributed by atoms with E-state index in [1.807, 2.05) is 27.7 Å². The Bertz CT molecular complexity index is 673. The highest BCUT2D eigenvalue weighted by Crippen LogP contribution is 2.56. The number of aliphatic hydroxyl groups is 1. The Balaban J connectivity index is 2.05. The van der Waals surface area contributed by atoms with Crippen molar-refractivity contribution in [3.63, 3.8) is 0 Å². The standard InChI is InChI=1S/C20H32N2O2S/c1-18(2,25(21)24)13-17-16-11-15(19(3,4)23)6-5-14(16)12-20(17)7-9-22-10-8-20/h5-6,11,17,22-23H,7-10,12-13,21H2,1-4H3/t17-,25?/m1/s1. The Kier molecular flexibility index (Phi) is 4.91. The minimum Gasteiger partial charge on any atom is -0.386 e. The summed E-state index contributed by atoms with van der Waals surface area (Å²) in [5.74, 6) is 0.342. The number of hydrogen-bond donors (Lipinski definition) is 3. The van der Waals surface area contributed by atoms with Crippen LogP contribution in [0.15, 0.2) is 18.2 Å². The predicted molar refractivity (Wildman–Crippen MR) is 104 cm³/mol. The van der Waals surface area contributed by atoms with E-state index in [4.69, 9.17) is 5.14 Å². The normalized spacial score (nSPS) is 24.3. The Morgan fingerprint density at radius 1 is 1.28 bits per heavy atom. The van der Waals surface area contributed by atoms with Crippen molar-refractivity contribution in [2.75, 3.05) is 13.1 Å². The minimum absolute atomic E-state index is 0.225. The van der Waals surface area contributed by atoms with Crippen LogP contribution in [0.2, 0.25) is 0 Å². The molecule has 1 unspecified atom stereocenters. The molecule has 2 atom stereocenters. The second-order valence-corrected chi connectivity index (χ2v) is 10.8. The fourth-order valence-electron chi connectivity index (χ4n) is 4.64. The largest absolute Gasteiger partial charge is 0.386 e. The van der Waals surface area contributed by atoms with Crippen molar-refractivity contribution in [3.8, 4) is 0 Å². The molecule has 1 aromatic carbocycles. The van der Waals surface area contributed by atoms with Crippen LogP contribution >= 0.6 is 0 Å². The first-order valence-corrected chi connectivity index (χ1v) is 10.5. The van der Waals surface area contributed by atoms with Crippen molar-refractivity contribution in [2.24, 2.45) is 10.6 Å². The molecule has 4 nitrogen and oxygen atoms in total. The van der Waals surface area contributed by atoms with Gasteiger partial charge in [-0.05, 0) is 94.5 Å². The first-order chi connectivity index (χ1) is 11.6. The van der Waals surface area contributed by atoms with Crippen LogP contribution in [-0.2, 0) is 23.0 Å². The lowest BCUT2D eigenvalue weighted by molar-refractivity contribution is 0.0784. The Hall–Kier alpha value is -0.750. The summed E-state index contributed by atoms with van der Waals surface area (Å²) in [6.45, 7) is 9.76. The third-order valence-corrected chi connectivity index (χ3v) is 7.61. The summed E-state index contributed by atoms with van der Waals surface area (Å²) in [5.41, 5.74) is 3.05. The topological polar surface area (TPSA) is 75.3 Å². The van der Waals surface area contributed by atoms with E-state index in [-0.39, 0.29) is 5.41 Å². The average Bonchev–Trinajstić information content (AvgIpc) is 2.79. The van der Waals surface area contributed by atoms with Gasteiger partial charge in [-0.1, -0.05) is 18.2 Å². The predicted octanol–water partition coefficient (Wildman–Crippen LogP) is 2.71. The fourth-order valence-corrected chi connectivity index (χ4v) is 4.97. The molecule has 1 heterocycles. The molecular weight excluding hydrogens is 332 g/mol. The van der Waals surface area contributed by atoms with Gasteiger partial charge in [-0.15, -0.1) is 0 Å². The van der Waals surface area contributed by atoms with Gasteiger partial charge >= 0.3 is 0 Å². The molecule has 1 aromatic rings. The van der Waals surface area contributed by atoms with Crippen LogP contribution in [-0.4, -0.2) is 27.2 Å². The van der Waals surface area contributed by atoms with Crippen LogP contribution in [0.5, 0.6) is 0 Å². The summed E-state index contributed by atoms with van der Waals surface area (Å²) >= 11 is 0. The molecule has 25 heavy (non-hydrogen) atoms. The molecule has 5 heteroatoms. The molecule has 140 valence electrons. The van der Waals surface area contributed by atoms with Crippen LogP contribution in [0.1, 0.15) is 69.6 Å². The summed E-state index contributed by atoms with van der Waals surface area (Å²) in [6, 6.07) is 6.44. The number of benzene rings is 1. The summed E-state index contributed by atoms with van der Waals surface area (Å²) < 4.78 is 11.7. The molecule has 1 saturated heterocycles. The van der Waals surface area contributed by atoms with Gasteiger partial charge < -0.3 is 10.4 Å². The molecule has 0 amide bonds. The van der Waals surface area contributed by atoms with Gasteiger partial charge in [-0.3, -0.25) is 5.14 Å². The zero-order chi connectivity index (χ0) is 18.5. The number of fused-ring (bicyclic) bond motifs is 1. The van der Waals surface area contributed by atoms with E-state index in [0.29, 0.717) is 5.92 Å². The van der Waals surface area contributed by atoms with E-state index in [1.54, 1.807) is 0 Å². The number of piperidine rings is 1. The Morgan fingerprint density at radius 3 is 2.48 bits per heavy atom. The van der Waals surface area contributed by atoms with Crippen LogP contribution in [0.4, 0.5) is 0 Å². The maximum atomic E-state index is 12.1. The SMILES string of the molecule is CC(C)(O)c1ccc2c(c1)[C@@H](CC(C)(C)S(N)=O)C1(CCNCC1)C2. The minimum atomic E-state index is -1.36. The summed E-state index contributed by atoms with van der Waals surface area (Å²) in [7, 11) is -1.36. The quantitative estimate of drug-likeness (QED) is 0.769. The average molecular weight is 365 g/mol. The molecule has 4 N–H and O–H groups in total. The molecule has 0 bridgehead atoms. The van der Waals surface area contributed by atoms with Gasteiger partial charge in [0.05, 0.1) is 21.3 Å². The van der Waals surface area contributed by atoms with Crippen molar-refractivity contribution in [3.05, 3.63) is 34.9 Å². The lowest BCUT2D eigenvalue weighted by Gasteiger charge is -2.42. The molecule has 0 aromatic heterocycles. The second kappa shape index (κ2) is 6.45. The maximum Gasteiger partial charge on any atom is 0.0945 e. The number of hydrogen-bond acceptors (Lipinski definition) is 3. The second-order valence-electron chi connectivity index (χ2n) is 9.08. The van der Waals surface area contributed by atoms with Crippen molar-refractivity contribution in [2.45, 2.75) is 69.6 Å². The third kappa shape index (κ3) is 3.57. The smallest absolute Gasteiger partial charge is 0.0945 e. The van der Waals surface area contributed by atoms with Crippen molar-refractivity contribution in [1.82, 2.24) is 5.32 Å². The van der Waals surface area contributed by atoms with Crippen LogP contribution in [0, 0.1) is 5.41 Å². The van der Waals surface area contributed by atoms with Gasteiger partial charge in [0.25, 0.3) is 0 Å². The van der Waals surface area contributed by atoms with Gasteiger partial charge in [-0.2, -0.15) is 0 Å². The van der Waals surface area contributed by atoms with Crippen LogP contribution < -0.4 is 10.5 Å². The number of nitrogens with one attached hydrogen (secondary N) is 1. The first kappa shape index (κ1) is 19.0. The third-order valence-electron chi connectivity index (χ3n) is 6.35. The van der Waals surface area contributed by atoms with Gasteiger partial charge in [0.2, 0.25) is 0 Å². The van der Waals surface area contributed by atoms with Gasteiger partial charge in [0.15, 0.2) is 0 Å². The molecule has 1 aliphatic heterocycles. The van der Waals surface area contributed by atoms with E-state index < -0.39 is 21.3 Å². The van der Waals surface area contributed by atoms with Gasteiger partial charge in [0, 0.05) is 0 Å². The molecule has 1 fully saturated rings. The molecule has 1 aliphatic carbocycles. The highest BCUT2D eigenvalue weighted by molar-refractivity contribution is 7.84. The molecule has 2 aliphatic rings. The summed E-state index contributed by atoms with van der Waals surface area (Å²) in [5, 5.41) is 19.7. The van der Waals surface area contributed by atoms with E-state index in [1.165, 1.54) is 11.1 Å². The summed E-state index contributed by atoms with van der Waals surface area (Å²) in [4.78, 5) is 0. The summed E-state index contributed by atoms with van der Waals surface area (Å²) in [6.07, 6.45) is 4.17. The maximum absolute atomic E-state index is 12.1. The fraction of sp³-hybridized carbons (Fsp3) is 0.700. The molecule has 0 saturated carbocycles. The van der Waals surface area contributed by atoms with Gasteiger partial charge in [0.1, 0.15) is 0 Å².